The molecule has 0 unspecified atom stereocenters. The van der Waals surface area contributed by atoms with Gasteiger partial charge in [-0.2, -0.15) is 13.2 Å². The van der Waals surface area contributed by atoms with Crippen LogP contribution in [0.1, 0.15) is 17.1 Å². The quantitative estimate of drug-likeness (QED) is 0.883. The van der Waals surface area contributed by atoms with Gasteiger partial charge in [-0.25, -0.2) is 4.98 Å². The van der Waals surface area contributed by atoms with Crippen molar-refractivity contribution in [1.29, 1.82) is 0 Å². The van der Waals surface area contributed by atoms with Crippen molar-refractivity contribution in [3.05, 3.63) is 16.1 Å². The lowest BCUT2D eigenvalue weighted by molar-refractivity contribution is -0.140. The lowest BCUT2D eigenvalue weighted by Gasteiger charge is -2.28. The Morgan fingerprint density at radius 1 is 1.45 bits per heavy atom. The second kappa shape index (κ2) is 7.38. The monoisotopic (exact) mass is 336 g/mol. The molecule has 0 bridgehead atoms. The van der Waals surface area contributed by atoms with E-state index in [1.165, 1.54) is 0 Å². The highest BCUT2D eigenvalue weighted by atomic mass is 32.1. The first-order valence-corrected chi connectivity index (χ1v) is 7.93. The highest BCUT2D eigenvalue weighted by molar-refractivity contribution is 7.09. The number of aromatic nitrogens is 1. The molecule has 2 rings (SSSR count). The van der Waals surface area contributed by atoms with Crippen LogP contribution in [0.4, 0.5) is 13.2 Å². The third-order valence-corrected chi connectivity index (χ3v) is 4.26. The minimum Gasteiger partial charge on any atom is -0.340 e. The van der Waals surface area contributed by atoms with Gasteiger partial charge >= 0.3 is 6.18 Å². The van der Waals surface area contributed by atoms with Crippen molar-refractivity contribution in [3.8, 4) is 0 Å². The van der Waals surface area contributed by atoms with Gasteiger partial charge in [0.15, 0.2) is 5.69 Å². The molecule has 1 aromatic heterocycles. The number of carbonyl (C=O) groups excluding carboxylic acids is 1. The molecular formula is C13H19F3N4OS. The number of rotatable bonds is 5. The van der Waals surface area contributed by atoms with Crippen LogP contribution >= 0.6 is 11.3 Å². The number of amides is 1. The topological polar surface area (TPSA) is 48.5 Å². The van der Waals surface area contributed by atoms with Crippen LogP contribution in [0.25, 0.3) is 0 Å². The Balaban J connectivity index is 1.76. The Morgan fingerprint density at radius 3 is 2.73 bits per heavy atom. The molecule has 1 aliphatic rings. The molecule has 1 amide bonds. The fourth-order valence-electron chi connectivity index (χ4n) is 2.18. The Morgan fingerprint density at radius 2 is 2.14 bits per heavy atom. The molecule has 0 atom stereocenters. The molecule has 0 aromatic carbocycles. The number of nitrogens with one attached hydrogen (secondary N) is 1. The van der Waals surface area contributed by atoms with E-state index in [0.29, 0.717) is 37.6 Å². The van der Waals surface area contributed by atoms with E-state index in [0.717, 1.165) is 29.8 Å². The Hall–Kier alpha value is -1.19. The van der Waals surface area contributed by atoms with Gasteiger partial charge in [-0.3, -0.25) is 9.69 Å². The summed E-state index contributed by atoms with van der Waals surface area (Å²) in [5.74, 6) is 0.0865. The Bertz CT molecular complexity index is 500. The van der Waals surface area contributed by atoms with Crippen molar-refractivity contribution in [2.75, 3.05) is 39.8 Å². The summed E-state index contributed by atoms with van der Waals surface area (Å²) in [6.07, 6.45) is -4.03. The second-order valence-electron chi connectivity index (χ2n) is 5.24. The highest BCUT2D eigenvalue weighted by Gasteiger charge is 2.33. The SMILES string of the molecule is CN(CCC(=O)N1CCNCC1)Cc1nc(C(F)(F)F)cs1. The van der Waals surface area contributed by atoms with Gasteiger partial charge in [0.2, 0.25) is 5.91 Å². The number of thiazole rings is 1. The molecule has 0 saturated carbocycles. The number of hydrogen-bond acceptors (Lipinski definition) is 5. The van der Waals surface area contributed by atoms with Crippen LogP contribution < -0.4 is 5.32 Å². The first-order chi connectivity index (χ1) is 10.4. The number of piperazine rings is 1. The predicted octanol–water partition coefficient (Wildman–Crippen LogP) is 1.42. The smallest absolute Gasteiger partial charge is 0.340 e. The molecule has 9 heteroatoms. The van der Waals surface area contributed by atoms with E-state index in [2.05, 4.69) is 10.3 Å². The molecule has 1 fully saturated rings. The molecule has 0 spiro atoms. The van der Waals surface area contributed by atoms with Crippen molar-refractivity contribution in [1.82, 2.24) is 20.1 Å². The summed E-state index contributed by atoms with van der Waals surface area (Å²) in [7, 11) is 1.78. The van der Waals surface area contributed by atoms with Crippen LogP contribution in [0.2, 0.25) is 0 Å². The van der Waals surface area contributed by atoms with E-state index >= 15 is 0 Å². The summed E-state index contributed by atoms with van der Waals surface area (Å²) in [6, 6.07) is 0. The summed E-state index contributed by atoms with van der Waals surface area (Å²) < 4.78 is 37.4. The zero-order valence-electron chi connectivity index (χ0n) is 12.3. The van der Waals surface area contributed by atoms with Crippen molar-refractivity contribution in [2.45, 2.75) is 19.1 Å². The van der Waals surface area contributed by atoms with Gasteiger partial charge in [-0.05, 0) is 7.05 Å². The fourth-order valence-corrected chi connectivity index (χ4v) is 3.06. The standard InChI is InChI=1S/C13H19F3N4OS/c1-19(5-2-12(21)20-6-3-17-4-7-20)8-11-18-10(9-22-11)13(14,15)16/h9,17H,2-8H2,1H3. The highest BCUT2D eigenvalue weighted by Crippen LogP contribution is 2.30. The van der Waals surface area contributed by atoms with E-state index in [1.807, 2.05) is 9.80 Å². The molecule has 0 radical (unpaired) electrons. The number of hydrogen-bond donors (Lipinski definition) is 1. The largest absolute Gasteiger partial charge is 0.434 e. The average Bonchev–Trinajstić information content (AvgIpc) is 2.94. The number of halogens is 3. The minimum atomic E-state index is -4.40. The lowest BCUT2D eigenvalue weighted by atomic mass is 10.3. The molecular weight excluding hydrogens is 317 g/mol. The average molecular weight is 336 g/mol. The maximum atomic E-state index is 12.5. The molecule has 2 heterocycles. The zero-order chi connectivity index (χ0) is 16.2. The number of nitrogens with zero attached hydrogens (tertiary/aromatic N) is 3. The van der Waals surface area contributed by atoms with E-state index in [9.17, 15) is 18.0 Å². The maximum Gasteiger partial charge on any atom is 0.434 e. The summed E-state index contributed by atoms with van der Waals surface area (Å²) in [5.41, 5.74) is -0.849. The number of carbonyl (C=O) groups is 1. The molecule has 1 aromatic rings. The molecule has 1 N–H and O–H groups in total. The summed E-state index contributed by atoms with van der Waals surface area (Å²) in [4.78, 5) is 19.2. The molecule has 1 aliphatic heterocycles. The first kappa shape index (κ1) is 17.2. The zero-order valence-corrected chi connectivity index (χ0v) is 13.1. The van der Waals surface area contributed by atoms with Gasteiger partial charge < -0.3 is 10.2 Å². The number of alkyl halides is 3. The van der Waals surface area contributed by atoms with E-state index in [4.69, 9.17) is 0 Å². The second-order valence-corrected chi connectivity index (χ2v) is 6.19. The van der Waals surface area contributed by atoms with Crippen LogP contribution in [-0.4, -0.2) is 60.5 Å². The van der Waals surface area contributed by atoms with Crippen molar-refractivity contribution < 1.29 is 18.0 Å². The predicted molar refractivity (Wildman–Crippen MR) is 77.5 cm³/mol. The van der Waals surface area contributed by atoms with Crippen LogP contribution in [0.5, 0.6) is 0 Å². The lowest BCUT2D eigenvalue weighted by Crippen LogP contribution is -2.47. The van der Waals surface area contributed by atoms with Gasteiger partial charge in [0.1, 0.15) is 5.01 Å². The summed E-state index contributed by atoms with van der Waals surface area (Å²) >= 11 is 0.991. The van der Waals surface area contributed by atoms with Gasteiger partial charge in [-0.15, -0.1) is 11.3 Å². The van der Waals surface area contributed by atoms with Gasteiger partial charge in [0, 0.05) is 44.5 Å². The van der Waals surface area contributed by atoms with Gasteiger partial charge in [0.25, 0.3) is 0 Å². The molecule has 124 valence electrons. The van der Waals surface area contributed by atoms with E-state index in [-0.39, 0.29) is 5.91 Å². The molecule has 0 aliphatic carbocycles. The normalized spacial score (nSPS) is 16.3. The maximum absolute atomic E-state index is 12.5. The Kier molecular flexibility index (Phi) is 5.76. The van der Waals surface area contributed by atoms with Gasteiger partial charge in [-0.1, -0.05) is 0 Å². The van der Waals surface area contributed by atoms with Crippen LogP contribution in [0, 0.1) is 0 Å². The molecule has 5 nitrogen and oxygen atoms in total. The fraction of sp³-hybridized carbons (Fsp3) is 0.692. The summed E-state index contributed by atoms with van der Waals surface area (Å²) in [6.45, 7) is 3.86. The van der Waals surface area contributed by atoms with E-state index < -0.39 is 11.9 Å². The Labute approximate surface area is 131 Å². The third kappa shape index (κ3) is 4.92. The van der Waals surface area contributed by atoms with Crippen LogP contribution in [-0.2, 0) is 17.5 Å². The van der Waals surface area contributed by atoms with Crippen molar-refractivity contribution in [2.24, 2.45) is 0 Å². The van der Waals surface area contributed by atoms with Gasteiger partial charge in [0.05, 0.1) is 6.54 Å². The minimum absolute atomic E-state index is 0.0865. The summed E-state index contributed by atoms with van der Waals surface area (Å²) in [5, 5.41) is 4.61. The molecule has 1 saturated heterocycles. The molecule has 22 heavy (non-hydrogen) atoms. The van der Waals surface area contributed by atoms with E-state index in [1.54, 1.807) is 7.05 Å². The first-order valence-electron chi connectivity index (χ1n) is 7.05. The van der Waals surface area contributed by atoms with Crippen molar-refractivity contribution >= 4 is 17.2 Å². The third-order valence-electron chi connectivity index (χ3n) is 3.42. The van der Waals surface area contributed by atoms with Crippen LogP contribution in [0.15, 0.2) is 5.38 Å². The van der Waals surface area contributed by atoms with Crippen LogP contribution in [0.3, 0.4) is 0 Å². The van der Waals surface area contributed by atoms with Crippen molar-refractivity contribution in [3.63, 3.8) is 0 Å².